The first kappa shape index (κ1) is 19.8. The lowest BCUT2D eigenvalue weighted by atomic mass is 10.0. The van der Waals surface area contributed by atoms with E-state index in [9.17, 15) is 4.79 Å². The summed E-state index contributed by atoms with van der Waals surface area (Å²) in [5.41, 5.74) is 1.20. The van der Waals surface area contributed by atoms with Crippen LogP contribution in [0.2, 0.25) is 0 Å². The van der Waals surface area contributed by atoms with Gasteiger partial charge in [0.1, 0.15) is 0 Å². The molecule has 0 heterocycles. The lowest BCUT2D eigenvalue weighted by molar-refractivity contribution is -0.137. The molecule has 0 saturated carbocycles. The van der Waals surface area contributed by atoms with E-state index >= 15 is 0 Å². The SMILES string of the molecule is C#CCC(CCCCC)N(/C=C/C(=O)OCC)Cc1ccccc1. The van der Waals surface area contributed by atoms with Gasteiger partial charge in [0.2, 0.25) is 0 Å². The standard InChI is InChI=1S/C21H29NO2/c1-4-7-9-15-20(12-5-2)22(17-16-21(23)24-6-3)18-19-13-10-8-11-14-19/h2,8,10-11,13-14,16-17,20H,4,6-7,9,12,15,18H2,1,3H3/b17-16+. The van der Waals surface area contributed by atoms with Gasteiger partial charge < -0.3 is 9.64 Å². The molecule has 24 heavy (non-hydrogen) atoms. The van der Waals surface area contributed by atoms with Crippen LogP contribution in [0.5, 0.6) is 0 Å². The topological polar surface area (TPSA) is 29.5 Å². The first-order chi connectivity index (χ1) is 11.7. The zero-order valence-electron chi connectivity index (χ0n) is 14.9. The van der Waals surface area contributed by atoms with Gasteiger partial charge in [-0.3, -0.25) is 0 Å². The molecule has 3 heteroatoms. The number of benzene rings is 1. The fraction of sp³-hybridized carbons (Fsp3) is 0.476. The van der Waals surface area contributed by atoms with Crippen molar-refractivity contribution in [2.45, 2.75) is 58.5 Å². The normalized spacial score (nSPS) is 11.9. The van der Waals surface area contributed by atoms with Crippen molar-refractivity contribution in [2.24, 2.45) is 0 Å². The summed E-state index contributed by atoms with van der Waals surface area (Å²) in [6.07, 6.45) is 14.1. The summed E-state index contributed by atoms with van der Waals surface area (Å²) in [5.74, 6) is 2.47. The molecule has 0 bridgehead atoms. The molecule has 0 amide bonds. The van der Waals surface area contributed by atoms with Crippen molar-refractivity contribution in [3.05, 3.63) is 48.2 Å². The molecule has 0 fully saturated rings. The van der Waals surface area contributed by atoms with Crippen LogP contribution >= 0.6 is 0 Å². The van der Waals surface area contributed by atoms with Crippen LogP contribution < -0.4 is 0 Å². The molecular formula is C21H29NO2. The summed E-state index contributed by atoms with van der Waals surface area (Å²) in [7, 11) is 0. The zero-order valence-corrected chi connectivity index (χ0v) is 14.9. The molecule has 0 aliphatic heterocycles. The molecule has 0 aliphatic rings. The second kappa shape index (κ2) is 12.2. The van der Waals surface area contributed by atoms with Crippen LogP contribution in [-0.2, 0) is 16.1 Å². The van der Waals surface area contributed by atoms with E-state index in [1.54, 1.807) is 6.92 Å². The Labute approximate surface area is 146 Å². The molecule has 130 valence electrons. The molecule has 0 saturated heterocycles. The third kappa shape index (κ3) is 7.87. The van der Waals surface area contributed by atoms with Gasteiger partial charge in [-0.1, -0.05) is 56.5 Å². The number of nitrogens with zero attached hydrogens (tertiary/aromatic N) is 1. The second-order valence-corrected chi connectivity index (χ2v) is 5.78. The fourth-order valence-electron chi connectivity index (χ4n) is 2.60. The first-order valence-corrected chi connectivity index (χ1v) is 8.79. The Hall–Kier alpha value is -2.21. The fourth-order valence-corrected chi connectivity index (χ4v) is 2.60. The van der Waals surface area contributed by atoms with Gasteiger partial charge >= 0.3 is 5.97 Å². The Morgan fingerprint density at radius 1 is 1.29 bits per heavy atom. The molecule has 3 nitrogen and oxygen atoms in total. The van der Waals surface area contributed by atoms with Gasteiger partial charge in [0.25, 0.3) is 0 Å². The van der Waals surface area contributed by atoms with Gasteiger partial charge in [-0.05, 0) is 18.9 Å². The highest BCUT2D eigenvalue weighted by molar-refractivity contribution is 5.81. The van der Waals surface area contributed by atoms with E-state index in [0.29, 0.717) is 13.0 Å². The molecular weight excluding hydrogens is 298 g/mol. The van der Waals surface area contributed by atoms with E-state index in [1.165, 1.54) is 24.5 Å². The minimum absolute atomic E-state index is 0.229. The van der Waals surface area contributed by atoms with Gasteiger partial charge in [-0.25, -0.2) is 4.79 Å². The second-order valence-electron chi connectivity index (χ2n) is 5.78. The van der Waals surface area contributed by atoms with Crippen LogP contribution in [-0.4, -0.2) is 23.5 Å². The highest BCUT2D eigenvalue weighted by Crippen LogP contribution is 2.17. The molecule has 0 spiro atoms. The number of hydrogen-bond donors (Lipinski definition) is 0. The Morgan fingerprint density at radius 2 is 2.04 bits per heavy atom. The van der Waals surface area contributed by atoms with Gasteiger partial charge in [0.15, 0.2) is 0 Å². The molecule has 1 unspecified atom stereocenters. The van der Waals surface area contributed by atoms with Crippen LogP contribution in [0, 0.1) is 12.3 Å². The Morgan fingerprint density at radius 3 is 2.67 bits per heavy atom. The molecule has 1 rings (SSSR count). The maximum Gasteiger partial charge on any atom is 0.332 e. The number of terminal acetylenes is 1. The van der Waals surface area contributed by atoms with Crippen molar-refractivity contribution >= 4 is 5.97 Å². The van der Waals surface area contributed by atoms with E-state index in [4.69, 9.17) is 11.2 Å². The van der Waals surface area contributed by atoms with Crippen molar-refractivity contribution in [1.29, 1.82) is 0 Å². The van der Waals surface area contributed by atoms with E-state index in [1.807, 2.05) is 24.4 Å². The largest absolute Gasteiger partial charge is 0.463 e. The van der Waals surface area contributed by atoms with E-state index in [0.717, 1.165) is 19.4 Å². The van der Waals surface area contributed by atoms with Crippen molar-refractivity contribution in [1.82, 2.24) is 4.90 Å². The molecule has 0 N–H and O–H groups in total. The van der Waals surface area contributed by atoms with Crippen molar-refractivity contribution in [2.75, 3.05) is 6.61 Å². The highest BCUT2D eigenvalue weighted by atomic mass is 16.5. The Bertz CT molecular complexity index is 531. The molecule has 1 aromatic rings. The number of esters is 1. The van der Waals surface area contributed by atoms with Crippen LogP contribution in [0.15, 0.2) is 42.6 Å². The van der Waals surface area contributed by atoms with Gasteiger partial charge in [0, 0.05) is 31.3 Å². The summed E-state index contributed by atoms with van der Waals surface area (Å²) in [6.45, 7) is 5.11. The number of rotatable bonds is 11. The van der Waals surface area contributed by atoms with Crippen molar-refractivity contribution in [3.63, 3.8) is 0 Å². The van der Waals surface area contributed by atoms with Crippen LogP contribution in [0.3, 0.4) is 0 Å². The average molecular weight is 327 g/mol. The highest BCUT2D eigenvalue weighted by Gasteiger charge is 2.15. The summed E-state index contributed by atoms with van der Waals surface area (Å²) in [6, 6.07) is 10.5. The maximum absolute atomic E-state index is 11.7. The summed E-state index contributed by atoms with van der Waals surface area (Å²) < 4.78 is 4.99. The van der Waals surface area contributed by atoms with Gasteiger partial charge in [-0.15, -0.1) is 12.3 Å². The van der Waals surface area contributed by atoms with E-state index in [-0.39, 0.29) is 12.0 Å². The van der Waals surface area contributed by atoms with Crippen molar-refractivity contribution in [3.8, 4) is 12.3 Å². The Balaban J connectivity index is 2.86. The van der Waals surface area contributed by atoms with Gasteiger partial charge in [0.05, 0.1) is 6.61 Å². The van der Waals surface area contributed by atoms with E-state index < -0.39 is 0 Å². The molecule has 1 aromatic carbocycles. The average Bonchev–Trinajstić information content (AvgIpc) is 2.59. The minimum Gasteiger partial charge on any atom is -0.463 e. The Kier molecular flexibility index (Phi) is 10.1. The number of carbonyl (C=O) groups is 1. The lowest BCUT2D eigenvalue weighted by Gasteiger charge is -2.30. The zero-order chi connectivity index (χ0) is 17.6. The van der Waals surface area contributed by atoms with E-state index in [2.05, 4.69) is 29.9 Å². The number of ether oxygens (including phenoxy) is 1. The first-order valence-electron chi connectivity index (χ1n) is 8.79. The number of carbonyl (C=O) groups excluding carboxylic acids is 1. The molecule has 0 aliphatic carbocycles. The lowest BCUT2D eigenvalue weighted by Crippen LogP contribution is -2.30. The summed E-state index contributed by atoms with van der Waals surface area (Å²) >= 11 is 0. The minimum atomic E-state index is -0.316. The molecule has 0 radical (unpaired) electrons. The summed E-state index contributed by atoms with van der Waals surface area (Å²) in [4.78, 5) is 13.8. The van der Waals surface area contributed by atoms with Crippen LogP contribution in [0.25, 0.3) is 0 Å². The predicted molar refractivity (Wildman–Crippen MR) is 99.1 cm³/mol. The number of hydrogen-bond acceptors (Lipinski definition) is 3. The smallest absolute Gasteiger partial charge is 0.332 e. The summed E-state index contributed by atoms with van der Waals surface area (Å²) in [5, 5.41) is 0. The number of unbranched alkanes of at least 4 members (excludes halogenated alkanes) is 2. The quantitative estimate of drug-likeness (QED) is 0.259. The molecule has 0 aromatic heterocycles. The maximum atomic E-state index is 11.7. The molecule has 1 atom stereocenters. The van der Waals surface area contributed by atoms with Crippen LogP contribution in [0.4, 0.5) is 0 Å². The monoisotopic (exact) mass is 327 g/mol. The third-order valence-electron chi connectivity index (χ3n) is 3.86. The predicted octanol–water partition coefficient (Wildman–Crippen LogP) is 4.54. The van der Waals surface area contributed by atoms with Crippen molar-refractivity contribution < 1.29 is 9.53 Å². The third-order valence-corrected chi connectivity index (χ3v) is 3.86. The van der Waals surface area contributed by atoms with Crippen LogP contribution in [0.1, 0.15) is 51.5 Å². The van der Waals surface area contributed by atoms with Gasteiger partial charge in [-0.2, -0.15) is 0 Å².